The number of hydrogen-bond donors (Lipinski definition) is 0. The number of rotatable bonds is 7. The van der Waals surface area contributed by atoms with E-state index < -0.39 is 11.9 Å². The molecule has 146 valence electrons. The molecule has 1 heterocycles. The zero-order chi connectivity index (χ0) is 20.1. The first-order chi connectivity index (χ1) is 13.5. The monoisotopic (exact) mass is 381 g/mol. The molecule has 0 saturated carbocycles. The first-order valence-electron chi connectivity index (χ1n) is 9.18. The van der Waals surface area contributed by atoms with Gasteiger partial charge in [-0.3, -0.25) is 14.4 Å². The number of carbonyl (C=O) groups excluding carboxylic acids is 3. The van der Waals surface area contributed by atoms with Crippen molar-refractivity contribution < 1.29 is 23.9 Å². The highest BCUT2D eigenvalue weighted by Crippen LogP contribution is 2.29. The van der Waals surface area contributed by atoms with Gasteiger partial charge in [0.25, 0.3) is 0 Å². The summed E-state index contributed by atoms with van der Waals surface area (Å²) in [5.74, 6) is -1.09. The van der Waals surface area contributed by atoms with Crippen LogP contribution in [0.2, 0.25) is 0 Å². The summed E-state index contributed by atoms with van der Waals surface area (Å²) >= 11 is 0. The van der Waals surface area contributed by atoms with Gasteiger partial charge in [-0.1, -0.05) is 42.5 Å². The van der Waals surface area contributed by atoms with E-state index in [0.717, 1.165) is 5.56 Å². The maximum absolute atomic E-state index is 12.4. The predicted molar refractivity (Wildman–Crippen MR) is 103 cm³/mol. The number of likely N-dealkylation sites (tertiary alicyclic amines) is 1. The Balaban J connectivity index is 1.58. The fourth-order valence-electron chi connectivity index (χ4n) is 3.38. The number of esters is 1. The Morgan fingerprint density at radius 3 is 2.50 bits per heavy atom. The van der Waals surface area contributed by atoms with Crippen LogP contribution >= 0.6 is 0 Å². The van der Waals surface area contributed by atoms with Crippen LogP contribution in [0.5, 0.6) is 5.75 Å². The van der Waals surface area contributed by atoms with Crippen molar-refractivity contribution in [3.63, 3.8) is 0 Å². The lowest BCUT2D eigenvalue weighted by atomic mass is 10.1. The smallest absolute Gasteiger partial charge is 0.311 e. The van der Waals surface area contributed by atoms with Gasteiger partial charge < -0.3 is 14.4 Å². The van der Waals surface area contributed by atoms with Crippen LogP contribution in [-0.4, -0.2) is 42.8 Å². The summed E-state index contributed by atoms with van der Waals surface area (Å²) in [6.07, 6.45) is 0.0961. The summed E-state index contributed by atoms with van der Waals surface area (Å²) in [5, 5.41) is 0. The van der Waals surface area contributed by atoms with Crippen LogP contribution < -0.4 is 4.74 Å². The Hall–Kier alpha value is -3.15. The summed E-state index contributed by atoms with van der Waals surface area (Å²) in [7, 11) is 1.48. The first-order valence-corrected chi connectivity index (χ1v) is 9.18. The van der Waals surface area contributed by atoms with E-state index >= 15 is 0 Å². The van der Waals surface area contributed by atoms with Gasteiger partial charge in [-0.2, -0.15) is 0 Å². The molecule has 2 atom stereocenters. The van der Waals surface area contributed by atoms with Gasteiger partial charge in [-0.15, -0.1) is 0 Å². The predicted octanol–water partition coefficient (Wildman–Crippen LogP) is 3.03. The van der Waals surface area contributed by atoms with Crippen LogP contribution in [0.3, 0.4) is 0 Å². The van der Waals surface area contributed by atoms with Crippen molar-refractivity contribution in [2.24, 2.45) is 5.92 Å². The van der Waals surface area contributed by atoms with E-state index in [1.807, 2.05) is 37.3 Å². The van der Waals surface area contributed by atoms with E-state index in [0.29, 0.717) is 11.3 Å². The molecule has 0 radical (unpaired) electrons. The molecule has 0 bridgehead atoms. The van der Waals surface area contributed by atoms with E-state index in [9.17, 15) is 14.4 Å². The fraction of sp³-hybridized carbons (Fsp3) is 0.318. The van der Waals surface area contributed by atoms with E-state index in [2.05, 4.69) is 0 Å². The average Bonchev–Trinajstić information content (AvgIpc) is 3.13. The molecule has 2 aromatic carbocycles. The Kier molecular flexibility index (Phi) is 6.09. The number of methoxy groups -OCH3 is 1. The van der Waals surface area contributed by atoms with Gasteiger partial charge in [0.2, 0.25) is 11.7 Å². The van der Waals surface area contributed by atoms with Crippen molar-refractivity contribution in [3.05, 3.63) is 65.7 Å². The number of hydrogen-bond acceptors (Lipinski definition) is 5. The molecular formula is C22H23NO5. The topological polar surface area (TPSA) is 72.9 Å². The fourth-order valence-corrected chi connectivity index (χ4v) is 3.38. The van der Waals surface area contributed by atoms with Gasteiger partial charge >= 0.3 is 5.97 Å². The number of amides is 1. The summed E-state index contributed by atoms with van der Waals surface area (Å²) in [5.41, 5.74) is 1.37. The van der Waals surface area contributed by atoms with Crippen LogP contribution in [0, 0.1) is 5.92 Å². The Morgan fingerprint density at radius 2 is 1.79 bits per heavy atom. The van der Waals surface area contributed by atoms with Crippen LogP contribution in [0.25, 0.3) is 0 Å². The lowest BCUT2D eigenvalue weighted by Gasteiger charge is -2.25. The van der Waals surface area contributed by atoms with Gasteiger partial charge in [0.05, 0.1) is 24.6 Å². The third-order valence-corrected chi connectivity index (χ3v) is 4.99. The highest BCUT2D eigenvalue weighted by Gasteiger charge is 2.38. The van der Waals surface area contributed by atoms with E-state index in [1.165, 1.54) is 7.11 Å². The van der Waals surface area contributed by atoms with Crippen LogP contribution in [-0.2, 0) is 14.3 Å². The minimum Gasteiger partial charge on any atom is -0.496 e. The molecule has 0 N–H and O–H groups in total. The molecule has 1 aliphatic rings. The molecule has 0 aromatic heterocycles. The number of Topliss-reactive ketones (excluding diaryl/α,β-unsaturated/α-hetero) is 1. The van der Waals surface area contributed by atoms with Gasteiger partial charge in [0.1, 0.15) is 5.75 Å². The highest BCUT2D eigenvalue weighted by atomic mass is 16.5. The van der Waals surface area contributed by atoms with Crippen LogP contribution in [0.4, 0.5) is 0 Å². The Morgan fingerprint density at radius 1 is 1.11 bits per heavy atom. The molecule has 0 unspecified atom stereocenters. The van der Waals surface area contributed by atoms with Crippen molar-refractivity contribution in [3.8, 4) is 5.75 Å². The number of carbonyl (C=O) groups is 3. The Bertz CT molecular complexity index is 864. The molecule has 1 amide bonds. The summed E-state index contributed by atoms with van der Waals surface area (Å²) in [6.45, 7) is 1.85. The van der Waals surface area contributed by atoms with Crippen molar-refractivity contribution >= 4 is 17.7 Å². The van der Waals surface area contributed by atoms with Crippen LogP contribution in [0.15, 0.2) is 54.6 Å². The molecule has 1 aliphatic heterocycles. The molecule has 6 nitrogen and oxygen atoms in total. The van der Waals surface area contributed by atoms with Gasteiger partial charge in [0, 0.05) is 13.0 Å². The molecule has 28 heavy (non-hydrogen) atoms. The lowest BCUT2D eigenvalue weighted by molar-refractivity contribution is -0.147. The van der Waals surface area contributed by atoms with Crippen molar-refractivity contribution in [2.75, 3.05) is 20.3 Å². The minimum absolute atomic E-state index is 0.0886. The summed E-state index contributed by atoms with van der Waals surface area (Å²) < 4.78 is 10.4. The largest absolute Gasteiger partial charge is 0.496 e. The van der Waals surface area contributed by atoms with Crippen molar-refractivity contribution in [2.45, 2.75) is 19.4 Å². The molecule has 0 aliphatic carbocycles. The molecule has 0 spiro atoms. The maximum atomic E-state index is 12.4. The summed E-state index contributed by atoms with van der Waals surface area (Å²) in [4.78, 5) is 38.8. The number of benzene rings is 2. The maximum Gasteiger partial charge on any atom is 0.311 e. The molecule has 1 fully saturated rings. The molecule has 3 rings (SSSR count). The zero-order valence-electron chi connectivity index (χ0n) is 16.0. The second-order valence-corrected chi connectivity index (χ2v) is 6.76. The average molecular weight is 381 g/mol. The normalized spacial score (nSPS) is 17.3. The number of para-hydroxylation sites is 1. The molecule has 6 heteroatoms. The number of ketones is 1. The molecule has 1 saturated heterocycles. The van der Waals surface area contributed by atoms with E-state index in [4.69, 9.17) is 9.47 Å². The first kappa shape index (κ1) is 19.6. The standard InChI is InChI=1S/C22H23NO5/c1-15(16-8-4-3-5-9-16)23-13-17(12-21(23)25)22(26)28-14-19(24)18-10-6-7-11-20(18)27-2/h3-11,15,17H,12-14H2,1-2H3/t15-,17-/m1/s1. The van der Waals surface area contributed by atoms with Gasteiger partial charge in [0.15, 0.2) is 6.61 Å². The SMILES string of the molecule is COc1ccccc1C(=O)COC(=O)[C@@H]1CC(=O)N([C@H](C)c2ccccc2)C1. The summed E-state index contributed by atoms with van der Waals surface area (Å²) in [6, 6.07) is 16.3. The molecule has 2 aromatic rings. The van der Waals surface area contributed by atoms with Gasteiger partial charge in [-0.05, 0) is 24.6 Å². The zero-order valence-corrected chi connectivity index (χ0v) is 16.0. The van der Waals surface area contributed by atoms with E-state index in [1.54, 1.807) is 29.2 Å². The molecular weight excluding hydrogens is 358 g/mol. The number of ether oxygens (including phenoxy) is 2. The van der Waals surface area contributed by atoms with Gasteiger partial charge in [-0.25, -0.2) is 0 Å². The second-order valence-electron chi connectivity index (χ2n) is 6.76. The quantitative estimate of drug-likeness (QED) is 0.544. The van der Waals surface area contributed by atoms with Crippen molar-refractivity contribution in [1.29, 1.82) is 0 Å². The Labute approximate surface area is 164 Å². The lowest BCUT2D eigenvalue weighted by Crippen LogP contribution is -2.30. The van der Waals surface area contributed by atoms with Crippen molar-refractivity contribution in [1.82, 2.24) is 4.90 Å². The third kappa shape index (κ3) is 4.22. The minimum atomic E-state index is -0.566. The number of nitrogens with zero attached hydrogens (tertiary/aromatic N) is 1. The second kappa shape index (κ2) is 8.69. The third-order valence-electron chi connectivity index (χ3n) is 4.99. The van der Waals surface area contributed by atoms with Crippen LogP contribution in [0.1, 0.15) is 35.3 Å². The highest BCUT2D eigenvalue weighted by molar-refractivity contribution is 6.00. The van der Waals surface area contributed by atoms with E-state index in [-0.39, 0.29) is 37.3 Å².